The standard InChI is InChI=1S/C14H12BrF3N2O/c15-12-2-1-10(14(16,17)18)7-11(12)13(21)20-5-3-9(8-19)4-6-20/h1-2,7,9H,3-6H2. The maximum absolute atomic E-state index is 12.7. The topological polar surface area (TPSA) is 44.1 Å². The second-order valence-electron chi connectivity index (χ2n) is 4.89. The molecular weight excluding hydrogens is 349 g/mol. The van der Waals surface area contributed by atoms with Crippen LogP contribution < -0.4 is 0 Å². The van der Waals surface area contributed by atoms with E-state index < -0.39 is 17.6 Å². The number of amides is 1. The van der Waals surface area contributed by atoms with E-state index in [0.717, 1.165) is 12.1 Å². The highest BCUT2D eigenvalue weighted by atomic mass is 79.9. The van der Waals surface area contributed by atoms with Gasteiger partial charge in [-0.2, -0.15) is 18.4 Å². The number of carbonyl (C=O) groups is 1. The Morgan fingerprint density at radius 3 is 2.48 bits per heavy atom. The van der Waals surface area contributed by atoms with Crippen molar-refractivity contribution in [3.8, 4) is 6.07 Å². The third-order valence-corrected chi connectivity index (χ3v) is 4.18. The molecule has 1 aliphatic rings. The summed E-state index contributed by atoms with van der Waals surface area (Å²) in [5.41, 5.74) is -0.846. The number of halogens is 4. The number of piperidine rings is 1. The van der Waals surface area contributed by atoms with Gasteiger partial charge in [-0.3, -0.25) is 4.79 Å². The van der Waals surface area contributed by atoms with E-state index in [1.165, 1.54) is 11.0 Å². The SMILES string of the molecule is N#CC1CCN(C(=O)c2cc(C(F)(F)F)ccc2Br)CC1. The van der Waals surface area contributed by atoms with Gasteiger partial charge in [0.15, 0.2) is 0 Å². The highest BCUT2D eigenvalue weighted by molar-refractivity contribution is 9.10. The first-order valence-corrected chi connectivity index (χ1v) is 7.18. The highest BCUT2D eigenvalue weighted by Crippen LogP contribution is 2.32. The molecule has 3 nitrogen and oxygen atoms in total. The molecule has 1 aromatic rings. The first-order valence-electron chi connectivity index (χ1n) is 6.38. The summed E-state index contributed by atoms with van der Waals surface area (Å²) < 4.78 is 38.5. The molecule has 112 valence electrons. The van der Waals surface area contributed by atoms with Crippen LogP contribution in [0.5, 0.6) is 0 Å². The minimum atomic E-state index is -4.48. The van der Waals surface area contributed by atoms with Gasteiger partial charge in [-0.25, -0.2) is 0 Å². The largest absolute Gasteiger partial charge is 0.416 e. The molecule has 7 heteroatoms. The number of alkyl halides is 3. The summed E-state index contributed by atoms with van der Waals surface area (Å²) in [6.45, 7) is 0.777. The van der Waals surface area contributed by atoms with E-state index in [1.54, 1.807) is 0 Å². The van der Waals surface area contributed by atoms with Gasteiger partial charge in [-0.1, -0.05) is 0 Å². The maximum Gasteiger partial charge on any atom is 0.416 e. The highest BCUT2D eigenvalue weighted by Gasteiger charge is 2.32. The smallest absolute Gasteiger partial charge is 0.339 e. The Morgan fingerprint density at radius 1 is 1.33 bits per heavy atom. The van der Waals surface area contributed by atoms with Gasteiger partial charge in [-0.15, -0.1) is 0 Å². The summed E-state index contributed by atoms with van der Waals surface area (Å²) in [5, 5.41) is 8.82. The van der Waals surface area contributed by atoms with Crippen LogP contribution in [0, 0.1) is 17.2 Å². The van der Waals surface area contributed by atoms with Crippen LogP contribution in [0.4, 0.5) is 13.2 Å². The van der Waals surface area contributed by atoms with Crippen LogP contribution in [0.2, 0.25) is 0 Å². The van der Waals surface area contributed by atoms with Gasteiger partial charge in [0.05, 0.1) is 17.2 Å². The van der Waals surface area contributed by atoms with Crippen molar-refractivity contribution in [3.63, 3.8) is 0 Å². The molecular formula is C14H12BrF3N2O. The summed E-state index contributed by atoms with van der Waals surface area (Å²) in [4.78, 5) is 13.8. The zero-order valence-electron chi connectivity index (χ0n) is 11.0. The predicted molar refractivity (Wildman–Crippen MR) is 73.4 cm³/mol. The number of hydrogen-bond donors (Lipinski definition) is 0. The van der Waals surface area contributed by atoms with E-state index in [1.807, 2.05) is 0 Å². The minimum absolute atomic E-state index is 0.000215. The monoisotopic (exact) mass is 360 g/mol. The molecule has 1 aliphatic heterocycles. The Hall–Kier alpha value is -1.55. The second-order valence-corrected chi connectivity index (χ2v) is 5.74. The summed E-state index contributed by atoms with van der Waals surface area (Å²) in [6.07, 6.45) is -3.37. The van der Waals surface area contributed by atoms with Crippen LogP contribution in [-0.4, -0.2) is 23.9 Å². The maximum atomic E-state index is 12.7. The summed E-state index contributed by atoms with van der Waals surface area (Å²) >= 11 is 3.12. The van der Waals surface area contributed by atoms with Crippen molar-refractivity contribution in [2.45, 2.75) is 19.0 Å². The van der Waals surface area contributed by atoms with Crippen LogP contribution in [0.25, 0.3) is 0 Å². The Labute approximate surface area is 128 Å². The van der Waals surface area contributed by atoms with Crippen LogP contribution in [0.1, 0.15) is 28.8 Å². The molecule has 2 rings (SSSR count). The van der Waals surface area contributed by atoms with Gasteiger partial charge in [0, 0.05) is 23.5 Å². The van der Waals surface area contributed by atoms with Crippen LogP contribution in [0.3, 0.4) is 0 Å². The molecule has 0 bridgehead atoms. The van der Waals surface area contributed by atoms with Crippen molar-refractivity contribution in [3.05, 3.63) is 33.8 Å². The molecule has 0 unspecified atom stereocenters. The Bertz CT molecular complexity index is 587. The predicted octanol–water partition coefficient (Wildman–Crippen LogP) is 3.84. The second kappa shape index (κ2) is 6.06. The van der Waals surface area contributed by atoms with Crippen molar-refractivity contribution in [1.29, 1.82) is 5.26 Å². The van der Waals surface area contributed by atoms with Gasteiger partial charge in [0.1, 0.15) is 0 Å². The van der Waals surface area contributed by atoms with E-state index in [9.17, 15) is 18.0 Å². The van der Waals surface area contributed by atoms with E-state index in [-0.39, 0.29) is 11.5 Å². The Balaban J connectivity index is 2.22. The summed E-state index contributed by atoms with van der Waals surface area (Å²) in [6, 6.07) is 5.18. The number of hydrogen-bond acceptors (Lipinski definition) is 2. The molecule has 1 heterocycles. The lowest BCUT2D eigenvalue weighted by Crippen LogP contribution is -2.38. The third kappa shape index (κ3) is 3.56. The van der Waals surface area contributed by atoms with E-state index >= 15 is 0 Å². The zero-order chi connectivity index (χ0) is 15.6. The van der Waals surface area contributed by atoms with Gasteiger partial charge < -0.3 is 4.90 Å². The normalized spacial score (nSPS) is 16.6. The van der Waals surface area contributed by atoms with Crippen molar-refractivity contribution in [2.75, 3.05) is 13.1 Å². The molecule has 0 atom stereocenters. The van der Waals surface area contributed by atoms with E-state index in [0.29, 0.717) is 30.4 Å². The molecule has 0 spiro atoms. The Morgan fingerprint density at radius 2 is 1.95 bits per heavy atom. The molecule has 1 saturated heterocycles. The van der Waals surface area contributed by atoms with Gasteiger partial charge in [-0.05, 0) is 47.0 Å². The number of carbonyl (C=O) groups excluding carboxylic acids is 1. The average molecular weight is 361 g/mol. The first-order chi connectivity index (χ1) is 9.82. The van der Waals surface area contributed by atoms with E-state index in [4.69, 9.17) is 5.26 Å². The number of benzene rings is 1. The van der Waals surface area contributed by atoms with Gasteiger partial charge in [0.2, 0.25) is 0 Å². The number of nitriles is 1. The lowest BCUT2D eigenvalue weighted by atomic mass is 9.98. The lowest BCUT2D eigenvalue weighted by molar-refractivity contribution is -0.137. The number of nitrogens with zero attached hydrogens (tertiary/aromatic N) is 2. The number of rotatable bonds is 1. The van der Waals surface area contributed by atoms with Crippen molar-refractivity contribution in [1.82, 2.24) is 4.90 Å². The van der Waals surface area contributed by atoms with Crippen LogP contribution >= 0.6 is 15.9 Å². The molecule has 0 aliphatic carbocycles. The van der Waals surface area contributed by atoms with Crippen molar-refractivity contribution >= 4 is 21.8 Å². The van der Waals surface area contributed by atoms with E-state index in [2.05, 4.69) is 22.0 Å². The third-order valence-electron chi connectivity index (χ3n) is 3.49. The lowest BCUT2D eigenvalue weighted by Gasteiger charge is -2.29. The fraction of sp³-hybridized carbons (Fsp3) is 0.429. The van der Waals surface area contributed by atoms with Gasteiger partial charge >= 0.3 is 6.18 Å². The molecule has 21 heavy (non-hydrogen) atoms. The molecule has 0 saturated carbocycles. The van der Waals surface area contributed by atoms with Crippen LogP contribution in [0.15, 0.2) is 22.7 Å². The van der Waals surface area contributed by atoms with Crippen molar-refractivity contribution < 1.29 is 18.0 Å². The minimum Gasteiger partial charge on any atom is -0.339 e. The Kier molecular flexibility index (Phi) is 4.57. The molecule has 1 amide bonds. The van der Waals surface area contributed by atoms with Crippen molar-refractivity contribution in [2.24, 2.45) is 5.92 Å². The fourth-order valence-corrected chi connectivity index (χ4v) is 2.66. The zero-order valence-corrected chi connectivity index (χ0v) is 12.5. The molecule has 0 N–H and O–H groups in total. The average Bonchev–Trinajstić information content (AvgIpc) is 2.46. The molecule has 1 aromatic carbocycles. The summed E-state index contributed by atoms with van der Waals surface area (Å²) in [5.74, 6) is -0.525. The first kappa shape index (κ1) is 15.8. The quantitative estimate of drug-likeness (QED) is 0.763. The van der Waals surface area contributed by atoms with Crippen LogP contribution in [-0.2, 0) is 6.18 Å². The fourth-order valence-electron chi connectivity index (χ4n) is 2.25. The summed E-state index contributed by atoms with van der Waals surface area (Å²) in [7, 11) is 0. The van der Waals surface area contributed by atoms with Gasteiger partial charge in [0.25, 0.3) is 5.91 Å². The molecule has 0 radical (unpaired) electrons. The molecule has 1 fully saturated rings. The number of likely N-dealkylation sites (tertiary alicyclic amines) is 1. The molecule has 0 aromatic heterocycles.